The van der Waals surface area contributed by atoms with Gasteiger partial charge in [0.15, 0.2) is 0 Å². The average Bonchev–Trinajstić information content (AvgIpc) is 2.31. The van der Waals surface area contributed by atoms with Crippen LogP contribution < -0.4 is 5.32 Å². The number of rotatable bonds is 6. The minimum Gasteiger partial charge on any atom is -0.315 e. The molecule has 2 heteroatoms. The third-order valence-corrected chi connectivity index (χ3v) is 2.64. The number of nitrogens with one attached hydrogen (secondary N) is 1. The molecule has 0 saturated carbocycles. The molecule has 0 spiro atoms. The molecule has 0 bridgehead atoms. The molecule has 0 aromatic heterocycles. The fourth-order valence-corrected chi connectivity index (χ4v) is 1.74. The minimum absolute atomic E-state index is 0.345. The zero-order valence-electron chi connectivity index (χ0n) is 10.1. The summed E-state index contributed by atoms with van der Waals surface area (Å²) in [6.07, 6.45) is 5.36. The van der Waals surface area contributed by atoms with Crippen LogP contribution in [0.15, 0.2) is 30.3 Å². The van der Waals surface area contributed by atoms with Gasteiger partial charge in [-0.05, 0) is 19.2 Å². The lowest BCUT2D eigenvalue weighted by atomic mass is 10.1. The second-order valence-corrected chi connectivity index (χ2v) is 3.85. The maximum absolute atomic E-state index is 5.36. The van der Waals surface area contributed by atoms with Crippen molar-refractivity contribution in [1.29, 1.82) is 0 Å². The average molecular weight is 216 g/mol. The van der Waals surface area contributed by atoms with Gasteiger partial charge in [-0.3, -0.25) is 4.90 Å². The third-order valence-electron chi connectivity index (χ3n) is 2.64. The maximum Gasteiger partial charge on any atom is 0.0601 e. The van der Waals surface area contributed by atoms with E-state index in [1.165, 1.54) is 5.56 Å². The van der Waals surface area contributed by atoms with Crippen molar-refractivity contribution >= 4 is 0 Å². The van der Waals surface area contributed by atoms with Crippen molar-refractivity contribution in [2.75, 3.05) is 26.7 Å². The molecule has 1 rings (SSSR count). The molecule has 0 heterocycles. The van der Waals surface area contributed by atoms with Crippen molar-refractivity contribution in [3.63, 3.8) is 0 Å². The number of hydrogen-bond donors (Lipinski definition) is 1. The van der Waals surface area contributed by atoms with Crippen LogP contribution in [0, 0.1) is 12.3 Å². The summed E-state index contributed by atoms with van der Waals surface area (Å²) in [5.74, 6) is 2.69. The van der Waals surface area contributed by atoms with Crippen LogP contribution in [0.25, 0.3) is 0 Å². The van der Waals surface area contributed by atoms with Gasteiger partial charge in [-0.1, -0.05) is 43.2 Å². The fourth-order valence-electron chi connectivity index (χ4n) is 1.74. The van der Waals surface area contributed by atoms with E-state index in [2.05, 4.69) is 54.4 Å². The standard InChI is InChI=1S/C14H20N2/c1-4-11-16(3)14(12-15-5-2)13-9-7-6-8-10-13/h1,6-10,14-15H,5,11-12H2,2-3H3. The second kappa shape index (κ2) is 7.05. The van der Waals surface area contributed by atoms with Crippen molar-refractivity contribution in [1.82, 2.24) is 10.2 Å². The highest BCUT2D eigenvalue weighted by molar-refractivity contribution is 5.19. The summed E-state index contributed by atoms with van der Waals surface area (Å²) in [5, 5.41) is 3.38. The summed E-state index contributed by atoms with van der Waals surface area (Å²) in [6.45, 7) is 4.69. The van der Waals surface area contributed by atoms with Crippen LogP contribution in [0.4, 0.5) is 0 Å². The molecule has 2 nitrogen and oxygen atoms in total. The van der Waals surface area contributed by atoms with Gasteiger partial charge in [0.05, 0.1) is 6.54 Å². The molecular formula is C14H20N2. The predicted octanol–water partition coefficient (Wildman–Crippen LogP) is 1.90. The smallest absolute Gasteiger partial charge is 0.0601 e. The van der Waals surface area contributed by atoms with E-state index in [4.69, 9.17) is 6.42 Å². The molecule has 16 heavy (non-hydrogen) atoms. The highest BCUT2D eigenvalue weighted by Gasteiger charge is 2.14. The van der Waals surface area contributed by atoms with E-state index >= 15 is 0 Å². The summed E-state index contributed by atoms with van der Waals surface area (Å²) >= 11 is 0. The molecule has 1 unspecified atom stereocenters. The van der Waals surface area contributed by atoms with Gasteiger partial charge in [0.25, 0.3) is 0 Å². The van der Waals surface area contributed by atoms with Crippen LogP contribution in [0.2, 0.25) is 0 Å². The highest BCUT2D eigenvalue weighted by Crippen LogP contribution is 2.17. The van der Waals surface area contributed by atoms with E-state index < -0.39 is 0 Å². The molecule has 1 N–H and O–H groups in total. The molecule has 0 amide bonds. The number of terminal acetylenes is 1. The van der Waals surface area contributed by atoms with E-state index in [0.29, 0.717) is 12.6 Å². The van der Waals surface area contributed by atoms with Crippen molar-refractivity contribution in [2.45, 2.75) is 13.0 Å². The molecule has 86 valence electrons. The highest BCUT2D eigenvalue weighted by atomic mass is 15.1. The largest absolute Gasteiger partial charge is 0.315 e. The van der Waals surface area contributed by atoms with E-state index in [1.54, 1.807) is 0 Å². The third kappa shape index (κ3) is 3.69. The summed E-state index contributed by atoms with van der Waals surface area (Å²) in [5.41, 5.74) is 1.31. The van der Waals surface area contributed by atoms with E-state index in [-0.39, 0.29) is 0 Å². The number of nitrogens with zero attached hydrogens (tertiary/aromatic N) is 1. The Balaban J connectivity index is 2.75. The molecule has 0 radical (unpaired) electrons. The number of benzene rings is 1. The lowest BCUT2D eigenvalue weighted by molar-refractivity contribution is 0.267. The lowest BCUT2D eigenvalue weighted by Crippen LogP contribution is -2.33. The summed E-state index contributed by atoms with van der Waals surface area (Å²) in [4.78, 5) is 2.19. The van der Waals surface area contributed by atoms with Crippen LogP contribution in [0.3, 0.4) is 0 Å². The zero-order valence-corrected chi connectivity index (χ0v) is 10.1. The van der Waals surface area contributed by atoms with Gasteiger partial charge in [-0.25, -0.2) is 0 Å². The molecule has 1 aromatic rings. The fraction of sp³-hybridized carbons (Fsp3) is 0.429. The molecule has 0 aliphatic rings. The van der Waals surface area contributed by atoms with E-state index in [1.807, 2.05) is 6.07 Å². The predicted molar refractivity (Wildman–Crippen MR) is 69.2 cm³/mol. The Kier molecular flexibility index (Phi) is 5.63. The minimum atomic E-state index is 0.345. The monoisotopic (exact) mass is 216 g/mol. The Hall–Kier alpha value is -1.30. The van der Waals surface area contributed by atoms with Crippen LogP contribution in [0.1, 0.15) is 18.5 Å². The van der Waals surface area contributed by atoms with Gasteiger partial charge in [-0.2, -0.15) is 0 Å². The van der Waals surface area contributed by atoms with Gasteiger partial charge in [0, 0.05) is 12.6 Å². The normalized spacial score (nSPS) is 12.4. The lowest BCUT2D eigenvalue weighted by Gasteiger charge is -2.27. The van der Waals surface area contributed by atoms with Gasteiger partial charge in [-0.15, -0.1) is 6.42 Å². The van der Waals surface area contributed by atoms with Crippen molar-refractivity contribution in [3.05, 3.63) is 35.9 Å². The molecule has 0 aliphatic carbocycles. The molecule has 0 saturated heterocycles. The second-order valence-electron chi connectivity index (χ2n) is 3.85. The van der Waals surface area contributed by atoms with Crippen LogP contribution >= 0.6 is 0 Å². The van der Waals surface area contributed by atoms with Crippen molar-refractivity contribution in [3.8, 4) is 12.3 Å². The Morgan fingerprint density at radius 2 is 2.06 bits per heavy atom. The first-order chi connectivity index (χ1) is 7.79. The molecule has 1 atom stereocenters. The first-order valence-corrected chi connectivity index (χ1v) is 5.69. The molecule has 0 aliphatic heterocycles. The van der Waals surface area contributed by atoms with Crippen LogP contribution in [-0.2, 0) is 0 Å². The Morgan fingerprint density at radius 1 is 1.38 bits per heavy atom. The zero-order chi connectivity index (χ0) is 11.8. The molecule has 0 fully saturated rings. The summed E-state index contributed by atoms with van der Waals surface area (Å²) in [7, 11) is 2.06. The SMILES string of the molecule is C#CCN(C)C(CNCC)c1ccccc1. The number of likely N-dealkylation sites (N-methyl/N-ethyl adjacent to an activating group) is 2. The summed E-state index contributed by atoms with van der Waals surface area (Å²) < 4.78 is 0. The maximum atomic E-state index is 5.36. The van der Waals surface area contributed by atoms with Crippen molar-refractivity contribution in [2.24, 2.45) is 0 Å². The van der Waals surface area contributed by atoms with Crippen molar-refractivity contribution < 1.29 is 0 Å². The Bertz CT molecular complexity index is 326. The first-order valence-electron chi connectivity index (χ1n) is 5.69. The van der Waals surface area contributed by atoms with E-state index in [0.717, 1.165) is 13.1 Å². The van der Waals surface area contributed by atoms with E-state index in [9.17, 15) is 0 Å². The Labute approximate surface area is 98.7 Å². The first kappa shape index (κ1) is 12.8. The topological polar surface area (TPSA) is 15.3 Å². The van der Waals surface area contributed by atoms with Gasteiger partial charge < -0.3 is 5.32 Å². The summed E-state index contributed by atoms with van der Waals surface area (Å²) in [6, 6.07) is 10.8. The van der Waals surface area contributed by atoms with Crippen LogP contribution in [-0.4, -0.2) is 31.6 Å². The molecular weight excluding hydrogens is 196 g/mol. The van der Waals surface area contributed by atoms with Gasteiger partial charge >= 0.3 is 0 Å². The van der Waals surface area contributed by atoms with Crippen LogP contribution in [0.5, 0.6) is 0 Å². The number of hydrogen-bond acceptors (Lipinski definition) is 2. The Morgan fingerprint density at radius 3 is 2.62 bits per heavy atom. The molecule has 1 aromatic carbocycles. The van der Waals surface area contributed by atoms with Gasteiger partial charge in [0.2, 0.25) is 0 Å². The van der Waals surface area contributed by atoms with Gasteiger partial charge in [0.1, 0.15) is 0 Å². The quantitative estimate of drug-likeness (QED) is 0.731.